The van der Waals surface area contributed by atoms with Gasteiger partial charge in [0.25, 0.3) is 0 Å². The number of carbonyl (C=O) groups excluding carboxylic acids is 1. The molecular formula is C34H33FN8O3S. The molecule has 4 aromatic heterocycles. The fraction of sp³-hybridized carbons (Fsp3) is 0.265. The zero-order valence-electron chi connectivity index (χ0n) is 25.7. The number of halogens is 1. The Hall–Kier alpha value is -5.01. The van der Waals surface area contributed by atoms with E-state index in [4.69, 9.17) is 9.97 Å². The van der Waals surface area contributed by atoms with Crippen molar-refractivity contribution >= 4 is 43.7 Å². The van der Waals surface area contributed by atoms with E-state index in [1.807, 2.05) is 36.4 Å². The molecule has 1 amide bonds. The summed E-state index contributed by atoms with van der Waals surface area (Å²) in [6, 6.07) is 15.6. The number of pyridine rings is 2. The van der Waals surface area contributed by atoms with E-state index in [9.17, 15) is 17.6 Å². The Kier molecular flexibility index (Phi) is 8.24. The Bertz CT molecular complexity index is 2220. The number of nitrogens with one attached hydrogen (secondary N) is 4. The monoisotopic (exact) mass is 652 g/mol. The van der Waals surface area contributed by atoms with Crippen LogP contribution in [0.3, 0.4) is 0 Å². The van der Waals surface area contributed by atoms with Crippen LogP contribution in [0, 0.1) is 11.7 Å². The van der Waals surface area contributed by atoms with Crippen LogP contribution in [0.1, 0.15) is 44.1 Å². The molecule has 240 valence electrons. The first-order valence-corrected chi connectivity index (χ1v) is 17.4. The highest BCUT2D eigenvalue weighted by molar-refractivity contribution is 7.88. The third kappa shape index (κ3) is 6.91. The average molecular weight is 653 g/mol. The highest BCUT2D eigenvalue weighted by Crippen LogP contribution is 2.33. The number of hydrogen-bond donors (Lipinski definition) is 4. The summed E-state index contributed by atoms with van der Waals surface area (Å²) >= 11 is 0. The molecule has 0 atom stereocenters. The number of para-hydroxylation sites is 1. The molecule has 4 N–H and O–H groups in total. The molecule has 0 saturated heterocycles. The molecular weight excluding hydrogens is 619 g/mol. The van der Waals surface area contributed by atoms with Crippen molar-refractivity contribution in [1.29, 1.82) is 0 Å². The maximum Gasteiger partial charge on any atom is 0.224 e. The van der Waals surface area contributed by atoms with E-state index >= 15 is 0 Å². The summed E-state index contributed by atoms with van der Waals surface area (Å²) in [7, 11) is -3.45. The Morgan fingerprint density at radius 2 is 1.81 bits per heavy atom. The number of imidazole rings is 1. The Morgan fingerprint density at radius 3 is 2.64 bits per heavy atom. The minimum atomic E-state index is -3.45. The van der Waals surface area contributed by atoms with E-state index in [2.05, 4.69) is 30.2 Å². The third-order valence-electron chi connectivity index (χ3n) is 8.47. The fourth-order valence-corrected chi connectivity index (χ4v) is 6.67. The smallest absolute Gasteiger partial charge is 0.224 e. The van der Waals surface area contributed by atoms with Gasteiger partial charge in [0.2, 0.25) is 15.9 Å². The molecule has 6 aromatic rings. The van der Waals surface area contributed by atoms with Crippen LogP contribution < -0.4 is 10.0 Å². The number of carbonyl (C=O) groups is 1. The van der Waals surface area contributed by atoms with E-state index < -0.39 is 15.8 Å². The summed E-state index contributed by atoms with van der Waals surface area (Å²) in [5.74, 6) is 0.424. The molecule has 0 radical (unpaired) electrons. The Balaban J connectivity index is 1.18. The summed E-state index contributed by atoms with van der Waals surface area (Å²) in [5, 5.41) is 10.5. The van der Waals surface area contributed by atoms with Gasteiger partial charge < -0.3 is 10.3 Å². The standard InChI is InChI=1S/C34H33FN8O3S/c1-47(45,46)37-17-21-12-22(15-24(35)13-21)26-8-5-9-28-31(26)41-34(40-28)33-32-29(42-43-33)11-10-27(39-32)23-16-25(19-36-18-23)38-30(44)14-20-6-3-2-4-7-20/h5,8-13,15-16,18-20,37H,2-4,6-7,14,17H2,1H3,(H,38,44)(H,40,41)(H,42,43). The summed E-state index contributed by atoms with van der Waals surface area (Å²) in [4.78, 5) is 30.2. The van der Waals surface area contributed by atoms with Crippen molar-refractivity contribution in [2.45, 2.75) is 45.1 Å². The second-order valence-corrected chi connectivity index (χ2v) is 13.9. The van der Waals surface area contributed by atoms with Crippen molar-refractivity contribution in [2.75, 3.05) is 11.6 Å². The fourth-order valence-electron chi connectivity index (χ4n) is 6.24. The maximum atomic E-state index is 14.6. The number of nitrogens with zero attached hydrogens (tertiary/aromatic N) is 4. The number of anilines is 1. The number of amides is 1. The first-order valence-electron chi connectivity index (χ1n) is 15.5. The van der Waals surface area contributed by atoms with Gasteiger partial charge in [-0.3, -0.25) is 14.9 Å². The quantitative estimate of drug-likeness (QED) is 0.142. The van der Waals surface area contributed by atoms with Crippen molar-refractivity contribution in [2.24, 2.45) is 5.92 Å². The topological polar surface area (TPSA) is 158 Å². The number of H-pyrrole nitrogens is 2. The molecule has 47 heavy (non-hydrogen) atoms. The highest BCUT2D eigenvalue weighted by atomic mass is 32.2. The van der Waals surface area contributed by atoms with Gasteiger partial charge in [0.05, 0.1) is 40.4 Å². The van der Waals surface area contributed by atoms with Crippen molar-refractivity contribution in [3.8, 4) is 33.9 Å². The van der Waals surface area contributed by atoms with Crippen LogP contribution >= 0.6 is 0 Å². The molecule has 0 unspecified atom stereocenters. The lowest BCUT2D eigenvalue weighted by molar-refractivity contribution is -0.117. The molecule has 1 aliphatic carbocycles. The summed E-state index contributed by atoms with van der Waals surface area (Å²) in [6.07, 6.45) is 10.8. The average Bonchev–Trinajstić information content (AvgIpc) is 3.68. The van der Waals surface area contributed by atoms with Gasteiger partial charge >= 0.3 is 0 Å². The van der Waals surface area contributed by atoms with Crippen molar-refractivity contribution in [3.63, 3.8) is 0 Å². The van der Waals surface area contributed by atoms with Crippen molar-refractivity contribution < 1.29 is 17.6 Å². The first kappa shape index (κ1) is 30.6. The number of rotatable bonds is 9. The number of hydrogen-bond acceptors (Lipinski definition) is 7. The Labute approximate surface area is 270 Å². The molecule has 0 spiro atoms. The lowest BCUT2D eigenvalue weighted by Crippen LogP contribution is -2.21. The zero-order valence-corrected chi connectivity index (χ0v) is 26.5. The first-order chi connectivity index (χ1) is 22.7. The van der Waals surface area contributed by atoms with Gasteiger partial charge in [0, 0.05) is 30.3 Å². The van der Waals surface area contributed by atoms with E-state index in [0.29, 0.717) is 74.0 Å². The van der Waals surface area contributed by atoms with Gasteiger partial charge in [-0.2, -0.15) is 5.10 Å². The Morgan fingerprint density at radius 1 is 0.957 bits per heavy atom. The van der Waals surface area contributed by atoms with E-state index in [-0.39, 0.29) is 12.5 Å². The van der Waals surface area contributed by atoms with Crippen LogP contribution in [0.4, 0.5) is 10.1 Å². The van der Waals surface area contributed by atoms with Gasteiger partial charge in [-0.25, -0.2) is 27.5 Å². The second kappa shape index (κ2) is 12.6. The summed E-state index contributed by atoms with van der Waals surface area (Å²) in [6.45, 7) is -0.0378. The van der Waals surface area contributed by atoms with Gasteiger partial charge in [-0.15, -0.1) is 0 Å². The van der Waals surface area contributed by atoms with E-state index in [0.717, 1.165) is 24.7 Å². The van der Waals surface area contributed by atoms with Crippen LogP contribution in [-0.2, 0) is 21.4 Å². The molecule has 13 heteroatoms. The SMILES string of the molecule is CS(=O)(=O)NCc1cc(F)cc(-c2cccc3[nH]c(-c4n[nH]c5ccc(-c6cncc(NC(=O)CC7CCCCC7)c6)nc45)nc23)c1. The van der Waals surface area contributed by atoms with Crippen LogP contribution in [0.25, 0.3) is 56.0 Å². The molecule has 4 heterocycles. The number of sulfonamides is 1. The second-order valence-electron chi connectivity index (χ2n) is 12.1. The largest absolute Gasteiger partial charge is 0.336 e. The molecule has 1 saturated carbocycles. The zero-order chi connectivity index (χ0) is 32.5. The van der Waals surface area contributed by atoms with Crippen LogP contribution in [0.2, 0.25) is 0 Å². The van der Waals surface area contributed by atoms with E-state index in [1.165, 1.54) is 31.4 Å². The van der Waals surface area contributed by atoms with Crippen LogP contribution in [0.5, 0.6) is 0 Å². The number of aromatic nitrogens is 6. The van der Waals surface area contributed by atoms with Gasteiger partial charge in [0.1, 0.15) is 11.3 Å². The van der Waals surface area contributed by atoms with Gasteiger partial charge in [0.15, 0.2) is 11.5 Å². The van der Waals surface area contributed by atoms with Crippen molar-refractivity contribution in [3.05, 3.63) is 78.4 Å². The summed E-state index contributed by atoms with van der Waals surface area (Å²) < 4.78 is 40.2. The normalized spacial score (nSPS) is 14.2. The predicted octanol–water partition coefficient (Wildman–Crippen LogP) is 6.33. The lowest BCUT2D eigenvalue weighted by atomic mass is 9.87. The molecule has 1 fully saturated rings. The summed E-state index contributed by atoms with van der Waals surface area (Å²) in [5.41, 5.74) is 6.86. The van der Waals surface area contributed by atoms with Crippen LogP contribution in [-0.4, -0.2) is 50.7 Å². The molecule has 0 bridgehead atoms. The molecule has 1 aliphatic rings. The minimum Gasteiger partial charge on any atom is -0.336 e. The number of fused-ring (bicyclic) bond motifs is 2. The highest BCUT2D eigenvalue weighted by Gasteiger charge is 2.19. The predicted molar refractivity (Wildman–Crippen MR) is 179 cm³/mol. The molecule has 0 aliphatic heterocycles. The molecule has 7 rings (SSSR count). The van der Waals surface area contributed by atoms with E-state index in [1.54, 1.807) is 18.5 Å². The van der Waals surface area contributed by atoms with Crippen molar-refractivity contribution in [1.82, 2.24) is 34.9 Å². The number of aromatic amines is 2. The van der Waals surface area contributed by atoms with Crippen LogP contribution in [0.15, 0.2) is 67.0 Å². The molecule has 2 aromatic carbocycles. The number of benzene rings is 2. The lowest BCUT2D eigenvalue weighted by Gasteiger charge is -2.20. The van der Waals surface area contributed by atoms with Gasteiger partial charge in [-0.05, 0) is 72.4 Å². The molecule has 11 nitrogen and oxygen atoms in total. The van der Waals surface area contributed by atoms with Gasteiger partial charge in [-0.1, -0.05) is 31.4 Å². The minimum absolute atomic E-state index is 0.000623. The third-order valence-corrected chi connectivity index (χ3v) is 9.14. The maximum absolute atomic E-state index is 14.6.